The molecule has 22 heavy (non-hydrogen) atoms. The number of hydrogen-bond acceptors (Lipinski definition) is 3. The Labute approximate surface area is 132 Å². The Kier molecular flexibility index (Phi) is 2.40. The number of ether oxygens (including phenoxy) is 1. The molecule has 1 aliphatic heterocycles. The van der Waals surface area contributed by atoms with E-state index < -0.39 is 0 Å². The van der Waals surface area contributed by atoms with Gasteiger partial charge in [0.05, 0.1) is 0 Å². The van der Waals surface area contributed by atoms with Gasteiger partial charge in [-0.25, -0.2) is 0 Å². The van der Waals surface area contributed by atoms with Gasteiger partial charge in [-0.1, -0.05) is 13.8 Å². The third kappa shape index (κ3) is 1.31. The summed E-state index contributed by atoms with van der Waals surface area (Å²) in [7, 11) is 0. The number of carbonyl (C=O) groups is 2. The normalized spacial score (nSPS) is 59.4. The van der Waals surface area contributed by atoms with Crippen molar-refractivity contribution in [3.63, 3.8) is 0 Å². The minimum atomic E-state index is -0.125. The molecular weight excluding hydrogens is 276 g/mol. The molecule has 0 amide bonds. The van der Waals surface area contributed by atoms with Gasteiger partial charge in [-0.05, 0) is 56.3 Å². The second kappa shape index (κ2) is 3.85. The number of hydrogen-bond donors (Lipinski definition) is 0. The Morgan fingerprint density at radius 1 is 0.955 bits per heavy atom. The highest BCUT2D eigenvalue weighted by atomic mass is 16.6. The van der Waals surface area contributed by atoms with Crippen molar-refractivity contribution in [1.82, 2.24) is 0 Å². The Morgan fingerprint density at radius 3 is 2.59 bits per heavy atom. The summed E-state index contributed by atoms with van der Waals surface area (Å²) >= 11 is 0. The molecular formula is C19H26O3. The van der Waals surface area contributed by atoms with Crippen LogP contribution < -0.4 is 0 Å². The quantitative estimate of drug-likeness (QED) is 0.645. The summed E-state index contributed by atoms with van der Waals surface area (Å²) in [6.45, 7) is 4.63. The van der Waals surface area contributed by atoms with Gasteiger partial charge in [0.15, 0.2) is 5.78 Å². The molecule has 4 saturated carbocycles. The minimum absolute atomic E-state index is 0.0453. The van der Waals surface area contributed by atoms with Gasteiger partial charge in [0, 0.05) is 23.7 Å². The second-order valence-corrected chi connectivity index (χ2v) is 9.10. The first-order valence-corrected chi connectivity index (χ1v) is 9.16. The summed E-state index contributed by atoms with van der Waals surface area (Å²) in [6, 6.07) is 0. The molecule has 5 aliphatic rings. The van der Waals surface area contributed by atoms with Gasteiger partial charge in [0.1, 0.15) is 17.5 Å². The van der Waals surface area contributed by atoms with E-state index in [0.29, 0.717) is 35.7 Å². The molecule has 3 unspecified atom stereocenters. The number of carbonyl (C=O) groups excluding carboxylic acids is 2. The molecule has 3 heteroatoms. The standard InChI is InChI=1S/C19H26O3/c1-17-8-6-13-11(12(17)3-4-15(17)21)5-10-19-16(22-19)14(20)7-9-18(13,19)2/h11-13,16H,3-10H2,1-2H3/t11-,12-,13-,16-,17?,18?,19?/m0/s1. The van der Waals surface area contributed by atoms with Crippen LogP contribution in [0.1, 0.15) is 65.2 Å². The Hall–Kier alpha value is -0.700. The number of rotatable bonds is 0. The first-order chi connectivity index (χ1) is 10.4. The van der Waals surface area contributed by atoms with Gasteiger partial charge in [-0.2, -0.15) is 0 Å². The number of ketones is 2. The summed E-state index contributed by atoms with van der Waals surface area (Å²) < 4.78 is 6.07. The Morgan fingerprint density at radius 2 is 1.77 bits per heavy atom. The van der Waals surface area contributed by atoms with Crippen molar-refractivity contribution < 1.29 is 14.3 Å². The predicted molar refractivity (Wildman–Crippen MR) is 81.2 cm³/mol. The molecule has 5 fully saturated rings. The summed E-state index contributed by atoms with van der Waals surface area (Å²) in [5.74, 6) is 2.78. The van der Waals surface area contributed by atoms with Crippen molar-refractivity contribution in [2.45, 2.75) is 76.9 Å². The largest absolute Gasteiger partial charge is 0.357 e. The van der Waals surface area contributed by atoms with Crippen LogP contribution in [0.15, 0.2) is 0 Å². The van der Waals surface area contributed by atoms with Crippen LogP contribution in [0.2, 0.25) is 0 Å². The zero-order valence-electron chi connectivity index (χ0n) is 13.7. The number of fused-ring (bicyclic) bond motifs is 4. The van der Waals surface area contributed by atoms with Crippen molar-refractivity contribution in [1.29, 1.82) is 0 Å². The van der Waals surface area contributed by atoms with E-state index in [1.54, 1.807) is 0 Å². The lowest BCUT2D eigenvalue weighted by molar-refractivity contribution is -0.140. The molecule has 120 valence electrons. The van der Waals surface area contributed by atoms with Crippen molar-refractivity contribution in [2.75, 3.05) is 0 Å². The lowest BCUT2D eigenvalue weighted by Crippen LogP contribution is -2.58. The SMILES string of the molecule is CC12CC[C@H]3[C@@H](CCC45O[C@H]4C(=O)CCC35C)[C@@H]1CCC2=O. The molecule has 0 bridgehead atoms. The third-order valence-electron chi connectivity index (χ3n) is 8.66. The molecule has 0 aromatic carbocycles. The molecule has 0 radical (unpaired) electrons. The van der Waals surface area contributed by atoms with Crippen LogP contribution >= 0.6 is 0 Å². The fraction of sp³-hybridized carbons (Fsp3) is 0.895. The maximum Gasteiger partial charge on any atom is 0.164 e. The molecule has 0 aromatic heterocycles. The first kappa shape index (κ1) is 13.7. The summed E-state index contributed by atoms with van der Waals surface area (Å²) in [4.78, 5) is 24.5. The van der Waals surface area contributed by atoms with Crippen LogP contribution in [-0.2, 0) is 14.3 Å². The average Bonchev–Trinajstić information content (AvgIpc) is 3.17. The monoisotopic (exact) mass is 302 g/mol. The summed E-state index contributed by atoms with van der Waals surface area (Å²) in [6.07, 6.45) is 7.93. The van der Waals surface area contributed by atoms with E-state index in [1.807, 2.05) is 0 Å². The molecule has 1 spiro atoms. The van der Waals surface area contributed by atoms with Crippen molar-refractivity contribution in [3.05, 3.63) is 0 Å². The Balaban J connectivity index is 1.52. The molecule has 7 atom stereocenters. The highest BCUT2D eigenvalue weighted by molar-refractivity contribution is 5.89. The minimum Gasteiger partial charge on any atom is -0.357 e. The maximum atomic E-state index is 12.4. The van der Waals surface area contributed by atoms with Gasteiger partial charge < -0.3 is 4.74 Å². The molecule has 5 rings (SSSR count). The Bertz CT molecular complexity index is 583. The van der Waals surface area contributed by atoms with Gasteiger partial charge >= 0.3 is 0 Å². The number of Topliss-reactive ketones (excluding diaryl/α,β-unsaturated/α-hetero) is 2. The van der Waals surface area contributed by atoms with E-state index in [-0.39, 0.29) is 22.5 Å². The van der Waals surface area contributed by atoms with Gasteiger partial charge in [0.2, 0.25) is 0 Å². The van der Waals surface area contributed by atoms with Crippen molar-refractivity contribution in [3.8, 4) is 0 Å². The van der Waals surface area contributed by atoms with Crippen LogP contribution in [0, 0.1) is 28.6 Å². The van der Waals surface area contributed by atoms with E-state index in [1.165, 1.54) is 0 Å². The zero-order chi connectivity index (χ0) is 15.3. The van der Waals surface area contributed by atoms with Gasteiger partial charge in [-0.3, -0.25) is 9.59 Å². The molecule has 0 N–H and O–H groups in total. The van der Waals surface area contributed by atoms with Gasteiger partial charge in [-0.15, -0.1) is 0 Å². The highest BCUT2D eigenvalue weighted by Gasteiger charge is 2.76. The highest BCUT2D eigenvalue weighted by Crippen LogP contribution is 2.71. The zero-order valence-corrected chi connectivity index (χ0v) is 13.7. The smallest absolute Gasteiger partial charge is 0.164 e. The fourth-order valence-corrected chi connectivity index (χ4v) is 7.27. The second-order valence-electron chi connectivity index (χ2n) is 9.10. The van der Waals surface area contributed by atoms with Crippen molar-refractivity contribution >= 4 is 11.6 Å². The predicted octanol–water partition coefficient (Wildman–Crippen LogP) is 3.30. The van der Waals surface area contributed by atoms with E-state index in [2.05, 4.69) is 13.8 Å². The molecule has 3 nitrogen and oxygen atoms in total. The lowest BCUT2D eigenvalue weighted by Gasteiger charge is -2.58. The van der Waals surface area contributed by atoms with Crippen LogP contribution in [0.3, 0.4) is 0 Å². The average molecular weight is 302 g/mol. The van der Waals surface area contributed by atoms with Crippen LogP contribution in [0.25, 0.3) is 0 Å². The molecule has 1 heterocycles. The van der Waals surface area contributed by atoms with E-state index in [4.69, 9.17) is 4.74 Å². The van der Waals surface area contributed by atoms with Crippen LogP contribution in [0.5, 0.6) is 0 Å². The molecule has 4 aliphatic carbocycles. The van der Waals surface area contributed by atoms with Gasteiger partial charge in [0.25, 0.3) is 0 Å². The first-order valence-electron chi connectivity index (χ1n) is 9.16. The number of epoxide rings is 1. The van der Waals surface area contributed by atoms with Crippen LogP contribution in [0.4, 0.5) is 0 Å². The molecule has 0 aromatic rings. The van der Waals surface area contributed by atoms with E-state index >= 15 is 0 Å². The summed E-state index contributed by atoms with van der Waals surface area (Å²) in [5.41, 5.74) is -0.00234. The fourth-order valence-electron chi connectivity index (χ4n) is 7.27. The molecule has 1 saturated heterocycles. The maximum absolute atomic E-state index is 12.4. The van der Waals surface area contributed by atoms with E-state index in [0.717, 1.165) is 44.9 Å². The lowest BCUT2D eigenvalue weighted by atomic mass is 9.45. The summed E-state index contributed by atoms with van der Waals surface area (Å²) in [5, 5.41) is 0. The third-order valence-corrected chi connectivity index (χ3v) is 8.66. The topological polar surface area (TPSA) is 46.7 Å². The van der Waals surface area contributed by atoms with Crippen molar-refractivity contribution in [2.24, 2.45) is 28.6 Å². The van der Waals surface area contributed by atoms with Crippen LogP contribution in [-0.4, -0.2) is 23.3 Å². The van der Waals surface area contributed by atoms with E-state index in [9.17, 15) is 9.59 Å².